The third kappa shape index (κ3) is 4.68. The molecule has 1 aromatic rings. The second kappa shape index (κ2) is 5.81. The van der Waals surface area contributed by atoms with Crippen molar-refractivity contribution in [3.63, 3.8) is 0 Å². The minimum absolute atomic E-state index is 0.0569. The van der Waals surface area contributed by atoms with E-state index in [4.69, 9.17) is 9.88 Å². The molecule has 0 aliphatic heterocycles. The van der Waals surface area contributed by atoms with Crippen LogP contribution in [-0.2, 0) is 24.3 Å². The Hall–Kier alpha value is -1.93. The largest absolute Gasteiger partial charge is 0.453 e. The standard InChI is InChI=1S/C11H14N2O5S/c1-7(18-8(2)14)11(15)13-9-3-5-10(6-4-9)19(12,16)17/h3-7H,1-2H3,(H,13,15)(H2,12,16,17)/t7-/m1/s1. The van der Waals surface area contributed by atoms with Gasteiger partial charge in [0.2, 0.25) is 10.0 Å². The fraction of sp³-hybridized carbons (Fsp3) is 0.273. The number of sulfonamides is 1. The van der Waals surface area contributed by atoms with Crippen LogP contribution in [0.4, 0.5) is 5.69 Å². The molecule has 0 saturated heterocycles. The van der Waals surface area contributed by atoms with Crippen LogP contribution in [0.25, 0.3) is 0 Å². The lowest BCUT2D eigenvalue weighted by Crippen LogP contribution is -2.29. The lowest BCUT2D eigenvalue weighted by Gasteiger charge is -2.12. The molecule has 19 heavy (non-hydrogen) atoms. The Morgan fingerprint density at radius 3 is 2.21 bits per heavy atom. The first-order chi connectivity index (χ1) is 8.70. The molecule has 0 radical (unpaired) electrons. The van der Waals surface area contributed by atoms with Gasteiger partial charge >= 0.3 is 5.97 Å². The molecule has 0 heterocycles. The highest BCUT2D eigenvalue weighted by molar-refractivity contribution is 7.89. The molecule has 3 N–H and O–H groups in total. The first-order valence-corrected chi connectivity index (χ1v) is 6.85. The van der Waals surface area contributed by atoms with E-state index >= 15 is 0 Å². The van der Waals surface area contributed by atoms with Gasteiger partial charge in [-0.3, -0.25) is 9.59 Å². The molecule has 0 aliphatic rings. The van der Waals surface area contributed by atoms with E-state index in [1.165, 1.54) is 38.1 Å². The average Bonchev–Trinajstić information content (AvgIpc) is 2.27. The van der Waals surface area contributed by atoms with Crippen molar-refractivity contribution < 1.29 is 22.7 Å². The number of benzene rings is 1. The molecule has 104 valence electrons. The summed E-state index contributed by atoms with van der Waals surface area (Å²) in [4.78, 5) is 22.2. The van der Waals surface area contributed by atoms with E-state index < -0.39 is 28.0 Å². The van der Waals surface area contributed by atoms with Crippen LogP contribution in [-0.4, -0.2) is 26.4 Å². The number of hydrogen-bond acceptors (Lipinski definition) is 5. The van der Waals surface area contributed by atoms with Gasteiger partial charge in [0.1, 0.15) is 0 Å². The summed E-state index contributed by atoms with van der Waals surface area (Å²) in [6, 6.07) is 5.30. The summed E-state index contributed by atoms with van der Waals surface area (Å²) in [6.07, 6.45) is -0.935. The van der Waals surface area contributed by atoms with Crippen LogP contribution < -0.4 is 10.5 Å². The van der Waals surface area contributed by atoms with Crippen LogP contribution in [0.5, 0.6) is 0 Å². The summed E-state index contributed by atoms with van der Waals surface area (Å²) < 4.78 is 26.8. The quantitative estimate of drug-likeness (QED) is 0.768. The normalized spacial score (nSPS) is 12.6. The Morgan fingerprint density at radius 1 is 1.26 bits per heavy atom. The minimum Gasteiger partial charge on any atom is -0.453 e. The average molecular weight is 286 g/mol. The van der Waals surface area contributed by atoms with Gasteiger partial charge < -0.3 is 10.1 Å². The van der Waals surface area contributed by atoms with E-state index in [1.54, 1.807) is 0 Å². The highest BCUT2D eigenvalue weighted by Gasteiger charge is 2.16. The number of anilines is 1. The molecule has 0 bridgehead atoms. The maximum atomic E-state index is 11.6. The molecular formula is C11H14N2O5S. The highest BCUT2D eigenvalue weighted by Crippen LogP contribution is 2.13. The molecule has 0 spiro atoms. The van der Waals surface area contributed by atoms with E-state index in [0.717, 1.165) is 0 Å². The Balaban J connectivity index is 2.73. The zero-order valence-corrected chi connectivity index (χ0v) is 11.2. The maximum Gasteiger partial charge on any atom is 0.303 e. The van der Waals surface area contributed by atoms with Gasteiger partial charge in [0.15, 0.2) is 6.10 Å². The Bertz CT molecular complexity index is 580. The fourth-order valence-electron chi connectivity index (χ4n) is 1.27. The van der Waals surface area contributed by atoms with E-state index in [-0.39, 0.29) is 4.90 Å². The first kappa shape index (κ1) is 15.1. The van der Waals surface area contributed by atoms with Gasteiger partial charge in [-0.15, -0.1) is 0 Å². The molecule has 1 amide bonds. The number of ether oxygens (including phenoxy) is 1. The van der Waals surface area contributed by atoms with Crippen LogP contribution in [0.15, 0.2) is 29.2 Å². The number of amides is 1. The molecule has 1 rings (SSSR count). The molecule has 0 saturated carbocycles. The zero-order valence-electron chi connectivity index (χ0n) is 10.4. The second-order valence-corrected chi connectivity index (χ2v) is 5.37. The lowest BCUT2D eigenvalue weighted by molar-refractivity contribution is -0.150. The molecule has 8 heteroatoms. The molecule has 1 atom stereocenters. The van der Waals surface area contributed by atoms with E-state index in [9.17, 15) is 18.0 Å². The predicted molar refractivity (Wildman–Crippen MR) is 67.7 cm³/mol. The molecule has 0 aromatic heterocycles. The number of carbonyl (C=O) groups excluding carboxylic acids is 2. The third-order valence-corrected chi connectivity index (χ3v) is 3.09. The number of esters is 1. The van der Waals surface area contributed by atoms with Gasteiger partial charge in [0, 0.05) is 12.6 Å². The van der Waals surface area contributed by atoms with Crippen molar-refractivity contribution in [3.8, 4) is 0 Å². The molecular weight excluding hydrogens is 272 g/mol. The van der Waals surface area contributed by atoms with E-state index in [1.807, 2.05) is 0 Å². The molecule has 0 aliphatic carbocycles. The summed E-state index contributed by atoms with van der Waals surface area (Å²) in [5.74, 6) is -1.08. The van der Waals surface area contributed by atoms with Crippen LogP contribution in [0.1, 0.15) is 13.8 Å². The van der Waals surface area contributed by atoms with Gasteiger partial charge in [-0.05, 0) is 31.2 Å². The zero-order chi connectivity index (χ0) is 14.6. The van der Waals surface area contributed by atoms with Crippen LogP contribution in [0.2, 0.25) is 0 Å². The summed E-state index contributed by atoms with van der Waals surface area (Å²) >= 11 is 0. The Labute approximate surface area is 110 Å². The van der Waals surface area contributed by atoms with Crippen molar-refractivity contribution >= 4 is 27.6 Å². The topological polar surface area (TPSA) is 116 Å². The van der Waals surface area contributed by atoms with Gasteiger partial charge in [0.05, 0.1) is 4.90 Å². The van der Waals surface area contributed by atoms with Gasteiger partial charge in [-0.1, -0.05) is 0 Å². The number of primary sulfonamides is 1. The van der Waals surface area contributed by atoms with Crippen molar-refractivity contribution in [3.05, 3.63) is 24.3 Å². The van der Waals surface area contributed by atoms with Crippen molar-refractivity contribution in [1.29, 1.82) is 0 Å². The number of rotatable bonds is 4. The van der Waals surface area contributed by atoms with E-state index in [0.29, 0.717) is 5.69 Å². The number of nitrogens with one attached hydrogen (secondary N) is 1. The molecule has 0 fully saturated rings. The van der Waals surface area contributed by atoms with Crippen molar-refractivity contribution in [2.24, 2.45) is 5.14 Å². The first-order valence-electron chi connectivity index (χ1n) is 5.31. The van der Waals surface area contributed by atoms with Crippen molar-refractivity contribution in [2.75, 3.05) is 5.32 Å². The monoisotopic (exact) mass is 286 g/mol. The van der Waals surface area contributed by atoms with Crippen LogP contribution in [0, 0.1) is 0 Å². The molecule has 7 nitrogen and oxygen atoms in total. The summed E-state index contributed by atoms with van der Waals surface area (Å²) in [7, 11) is -3.76. The maximum absolute atomic E-state index is 11.6. The number of carbonyl (C=O) groups is 2. The third-order valence-electron chi connectivity index (χ3n) is 2.16. The lowest BCUT2D eigenvalue weighted by atomic mass is 10.3. The fourth-order valence-corrected chi connectivity index (χ4v) is 1.79. The van der Waals surface area contributed by atoms with Crippen molar-refractivity contribution in [1.82, 2.24) is 0 Å². The smallest absolute Gasteiger partial charge is 0.303 e. The second-order valence-electron chi connectivity index (χ2n) is 3.81. The predicted octanol–water partition coefficient (Wildman–Crippen LogP) is 0.224. The van der Waals surface area contributed by atoms with Crippen LogP contribution in [0.3, 0.4) is 0 Å². The number of nitrogens with two attached hydrogens (primary N) is 1. The molecule has 1 aromatic carbocycles. The van der Waals surface area contributed by atoms with Crippen LogP contribution >= 0.6 is 0 Å². The Morgan fingerprint density at radius 2 is 1.79 bits per heavy atom. The minimum atomic E-state index is -3.76. The van der Waals surface area contributed by atoms with E-state index in [2.05, 4.69) is 5.32 Å². The van der Waals surface area contributed by atoms with Crippen molar-refractivity contribution in [2.45, 2.75) is 24.8 Å². The van der Waals surface area contributed by atoms with Gasteiger partial charge in [0.25, 0.3) is 5.91 Å². The summed E-state index contributed by atoms with van der Waals surface area (Å²) in [5, 5.41) is 7.41. The summed E-state index contributed by atoms with van der Waals surface area (Å²) in [6.45, 7) is 2.63. The van der Waals surface area contributed by atoms with Gasteiger partial charge in [-0.2, -0.15) is 0 Å². The number of hydrogen-bond donors (Lipinski definition) is 2. The van der Waals surface area contributed by atoms with Gasteiger partial charge in [-0.25, -0.2) is 13.6 Å². The highest BCUT2D eigenvalue weighted by atomic mass is 32.2. The summed E-state index contributed by atoms with van der Waals surface area (Å²) in [5.41, 5.74) is 0.372. The SMILES string of the molecule is CC(=O)O[C@H](C)C(=O)Nc1ccc(S(N)(=O)=O)cc1. The molecule has 0 unspecified atom stereocenters. The Kier molecular flexibility index (Phi) is 4.62.